The molecule has 0 spiro atoms. The molecule has 23 heavy (non-hydrogen) atoms. The van der Waals surface area contributed by atoms with Crippen LogP contribution in [0.2, 0.25) is 0 Å². The highest BCUT2D eigenvalue weighted by Gasteiger charge is 2.08. The Hall–Kier alpha value is -2.43. The van der Waals surface area contributed by atoms with E-state index >= 15 is 0 Å². The van der Waals surface area contributed by atoms with Gasteiger partial charge < -0.3 is 19.2 Å². The fourth-order valence-corrected chi connectivity index (χ4v) is 2.20. The molecule has 1 aromatic heterocycles. The van der Waals surface area contributed by atoms with Gasteiger partial charge in [0.25, 0.3) is 0 Å². The molecule has 124 valence electrons. The van der Waals surface area contributed by atoms with Crippen molar-refractivity contribution in [1.29, 1.82) is 0 Å². The Kier molecular flexibility index (Phi) is 6.54. The molecule has 5 heteroatoms. The topological polar surface area (TPSA) is 60.7 Å². The van der Waals surface area contributed by atoms with Crippen molar-refractivity contribution < 1.29 is 18.7 Å². The van der Waals surface area contributed by atoms with Gasteiger partial charge in [-0.3, -0.25) is 4.79 Å². The number of nitrogens with one attached hydrogen (secondary N) is 1. The molecule has 2 aromatic rings. The van der Waals surface area contributed by atoms with Gasteiger partial charge in [0.15, 0.2) is 11.5 Å². The molecule has 0 aliphatic carbocycles. The Labute approximate surface area is 136 Å². The Morgan fingerprint density at radius 1 is 1.13 bits per heavy atom. The third-order valence-corrected chi connectivity index (χ3v) is 3.29. The zero-order chi connectivity index (χ0) is 16.5. The van der Waals surface area contributed by atoms with Gasteiger partial charge in [-0.05, 0) is 50.1 Å². The summed E-state index contributed by atoms with van der Waals surface area (Å²) in [5.74, 6) is 2.20. The molecule has 5 nitrogen and oxygen atoms in total. The van der Waals surface area contributed by atoms with Crippen LogP contribution in [-0.4, -0.2) is 19.1 Å². The van der Waals surface area contributed by atoms with E-state index in [1.54, 1.807) is 12.3 Å². The highest BCUT2D eigenvalue weighted by Crippen LogP contribution is 2.28. The summed E-state index contributed by atoms with van der Waals surface area (Å²) in [4.78, 5) is 11.9. The van der Waals surface area contributed by atoms with Crippen LogP contribution in [0.4, 0.5) is 0 Å². The number of benzene rings is 1. The van der Waals surface area contributed by atoms with E-state index < -0.39 is 0 Å². The van der Waals surface area contributed by atoms with Crippen LogP contribution in [0.1, 0.15) is 31.6 Å². The molecule has 0 aliphatic rings. The first-order valence-corrected chi connectivity index (χ1v) is 7.90. The van der Waals surface area contributed by atoms with Gasteiger partial charge in [0.05, 0.1) is 26.0 Å². The summed E-state index contributed by atoms with van der Waals surface area (Å²) in [5, 5.41) is 2.84. The van der Waals surface area contributed by atoms with Crippen LogP contribution in [-0.2, 0) is 17.8 Å². The van der Waals surface area contributed by atoms with E-state index in [1.807, 2.05) is 38.1 Å². The number of hydrogen-bond donors (Lipinski definition) is 1. The van der Waals surface area contributed by atoms with Gasteiger partial charge in [-0.15, -0.1) is 0 Å². The molecule has 1 N–H and O–H groups in total. The molecule has 0 saturated heterocycles. The SMILES string of the molecule is CCOc1ccc(CCC(=O)NCc2ccco2)cc1OCC. The fraction of sp³-hybridized carbons (Fsp3) is 0.389. The molecule has 0 unspecified atom stereocenters. The summed E-state index contributed by atoms with van der Waals surface area (Å²) in [6.45, 7) is 5.46. The van der Waals surface area contributed by atoms with Crippen LogP contribution in [0.15, 0.2) is 41.0 Å². The van der Waals surface area contributed by atoms with Crippen LogP contribution in [0.25, 0.3) is 0 Å². The van der Waals surface area contributed by atoms with E-state index in [0.717, 1.165) is 22.8 Å². The lowest BCUT2D eigenvalue weighted by atomic mass is 10.1. The monoisotopic (exact) mass is 317 g/mol. The average molecular weight is 317 g/mol. The van der Waals surface area contributed by atoms with Gasteiger partial charge in [0, 0.05) is 6.42 Å². The Morgan fingerprint density at radius 2 is 1.91 bits per heavy atom. The molecule has 1 aromatic carbocycles. The third-order valence-electron chi connectivity index (χ3n) is 3.29. The van der Waals surface area contributed by atoms with Crippen molar-refractivity contribution >= 4 is 5.91 Å². The van der Waals surface area contributed by atoms with Crippen molar-refractivity contribution in [1.82, 2.24) is 5.32 Å². The molecular weight excluding hydrogens is 294 g/mol. The number of rotatable bonds is 9. The smallest absolute Gasteiger partial charge is 0.220 e. The summed E-state index contributed by atoms with van der Waals surface area (Å²) < 4.78 is 16.3. The number of hydrogen-bond acceptors (Lipinski definition) is 4. The van der Waals surface area contributed by atoms with Crippen LogP contribution in [0.5, 0.6) is 11.5 Å². The zero-order valence-corrected chi connectivity index (χ0v) is 13.6. The summed E-state index contributed by atoms with van der Waals surface area (Å²) >= 11 is 0. The minimum Gasteiger partial charge on any atom is -0.490 e. The lowest BCUT2D eigenvalue weighted by Crippen LogP contribution is -2.22. The van der Waals surface area contributed by atoms with E-state index in [1.165, 1.54) is 0 Å². The van der Waals surface area contributed by atoms with Crippen LogP contribution in [0, 0.1) is 0 Å². The van der Waals surface area contributed by atoms with Crippen LogP contribution >= 0.6 is 0 Å². The first kappa shape index (κ1) is 16.9. The van der Waals surface area contributed by atoms with Crippen molar-refractivity contribution in [3.63, 3.8) is 0 Å². The molecular formula is C18H23NO4. The summed E-state index contributed by atoms with van der Waals surface area (Å²) in [6.07, 6.45) is 2.66. The Morgan fingerprint density at radius 3 is 2.61 bits per heavy atom. The molecule has 0 aliphatic heterocycles. The molecule has 0 fully saturated rings. The quantitative estimate of drug-likeness (QED) is 0.770. The molecule has 0 atom stereocenters. The van der Waals surface area contributed by atoms with E-state index in [2.05, 4.69) is 5.32 Å². The number of carbonyl (C=O) groups is 1. The van der Waals surface area contributed by atoms with E-state index in [9.17, 15) is 4.79 Å². The standard InChI is InChI=1S/C18H23NO4/c1-3-21-16-9-7-14(12-17(16)22-4-2)8-10-18(20)19-13-15-6-5-11-23-15/h5-7,9,11-12H,3-4,8,10,13H2,1-2H3,(H,19,20). The zero-order valence-electron chi connectivity index (χ0n) is 13.6. The van der Waals surface area contributed by atoms with E-state index in [0.29, 0.717) is 32.6 Å². The Balaban J connectivity index is 1.86. The highest BCUT2D eigenvalue weighted by atomic mass is 16.5. The fourth-order valence-electron chi connectivity index (χ4n) is 2.20. The normalized spacial score (nSPS) is 10.3. The van der Waals surface area contributed by atoms with Crippen molar-refractivity contribution in [3.05, 3.63) is 47.9 Å². The van der Waals surface area contributed by atoms with E-state index in [-0.39, 0.29) is 5.91 Å². The predicted molar refractivity (Wildman–Crippen MR) is 87.7 cm³/mol. The summed E-state index contributed by atoms with van der Waals surface area (Å²) in [7, 11) is 0. The van der Waals surface area contributed by atoms with Crippen molar-refractivity contribution in [2.24, 2.45) is 0 Å². The van der Waals surface area contributed by atoms with Gasteiger partial charge in [0.1, 0.15) is 5.76 Å². The van der Waals surface area contributed by atoms with Gasteiger partial charge in [-0.2, -0.15) is 0 Å². The maximum absolute atomic E-state index is 11.9. The minimum atomic E-state index is -0.00625. The number of amides is 1. The summed E-state index contributed by atoms with van der Waals surface area (Å²) in [6, 6.07) is 9.43. The molecule has 0 saturated carbocycles. The largest absolute Gasteiger partial charge is 0.490 e. The second-order valence-electron chi connectivity index (χ2n) is 5.00. The first-order valence-electron chi connectivity index (χ1n) is 7.90. The number of furan rings is 1. The average Bonchev–Trinajstić information content (AvgIpc) is 3.07. The number of aryl methyl sites for hydroxylation is 1. The van der Waals surface area contributed by atoms with Gasteiger partial charge >= 0.3 is 0 Å². The highest BCUT2D eigenvalue weighted by molar-refractivity contribution is 5.76. The number of ether oxygens (including phenoxy) is 2. The van der Waals surface area contributed by atoms with Crippen LogP contribution in [0.3, 0.4) is 0 Å². The third kappa shape index (κ3) is 5.36. The molecule has 0 radical (unpaired) electrons. The molecule has 1 heterocycles. The van der Waals surface area contributed by atoms with Crippen molar-refractivity contribution in [2.75, 3.05) is 13.2 Å². The molecule has 1 amide bonds. The molecule has 0 bridgehead atoms. The van der Waals surface area contributed by atoms with Gasteiger partial charge in [-0.25, -0.2) is 0 Å². The molecule has 2 rings (SSSR count). The maximum Gasteiger partial charge on any atom is 0.220 e. The second kappa shape index (κ2) is 8.88. The van der Waals surface area contributed by atoms with E-state index in [4.69, 9.17) is 13.9 Å². The number of carbonyl (C=O) groups excluding carboxylic acids is 1. The van der Waals surface area contributed by atoms with Crippen molar-refractivity contribution in [3.8, 4) is 11.5 Å². The Bertz CT molecular complexity index is 607. The van der Waals surface area contributed by atoms with Gasteiger partial charge in [-0.1, -0.05) is 6.07 Å². The van der Waals surface area contributed by atoms with Gasteiger partial charge in [0.2, 0.25) is 5.91 Å². The lowest BCUT2D eigenvalue weighted by Gasteiger charge is -2.12. The van der Waals surface area contributed by atoms with Crippen LogP contribution < -0.4 is 14.8 Å². The second-order valence-corrected chi connectivity index (χ2v) is 5.00. The summed E-state index contributed by atoms with van der Waals surface area (Å²) in [5.41, 5.74) is 1.05. The van der Waals surface area contributed by atoms with Crippen molar-refractivity contribution in [2.45, 2.75) is 33.2 Å². The lowest BCUT2D eigenvalue weighted by molar-refractivity contribution is -0.121. The first-order chi connectivity index (χ1) is 11.2. The minimum absolute atomic E-state index is 0.00625. The predicted octanol–water partition coefficient (Wildman–Crippen LogP) is 3.33. The maximum atomic E-state index is 11.9.